The molecule has 2 saturated heterocycles. The van der Waals surface area contributed by atoms with Gasteiger partial charge >= 0.3 is 0 Å². The van der Waals surface area contributed by atoms with E-state index in [1.165, 1.54) is 19.2 Å². The van der Waals surface area contributed by atoms with Crippen molar-refractivity contribution in [3.63, 3.8) is 0 Å². The molecule has 2 aromatic rings. The van der Waals surface area contributed by atoms with Crippen LogP contribution < -0.4 is 9.64 Å². The van der Waals surface area contributed by atoms with Crippen molar-refractivity contribution in [2.75, 3.05) is 12.0 Å². The number of hydrogen-bond acceptors (Lipinski definition) is 6. The summed E-state index contributed by atoms with van der Waals surface area (Å²) < 4.78 is 78.6. The van der Waals surface area contributed by atoms with Gasteiger partial charge in [0, 0.05) is 11.5 Å². The number of rotatable bonds is 3. The minimum absolute atomic E-state index is 0.0161. The minimum atomic E-state index is -2.68. The van der Waals surface area contributed by atoms with Crippen LogP contribution in [0.5, 0.6) is 11.5 Å². The third-order valence-corrected chi connectivity index (χ3v) is 11.7. The second-order valence-electron chi connectivity index (χ2n) is 12.9. The Balaban J connectivity index is 1.63. The van der Waals surface area contributed by atoms with Gasteiger partial charge in [0.25, 0.3) is 11.8 Å². The second kappa shape index (κ2) is 10.8. The number of likely N-dealkylation sites (tertiary alicyclic amines) is 1. The summed E-state index contributed by atoms with van der Waals surface area (Å²) in [5, 5.41) is 10.6. The van der Waals surface area contributed by atoms with Crippen molar-refractivity contribution in [1.29, 1.82) is 0 Å². The summed E-state index contributed by atoms with van der Waals surface area (Å²) in [6.45, 7) is 4.99. The van der Waals surface area contributed by atoms with Crippen molar-refractivity contribution >= 4 is 75.1 Å². The molecule has 1 N–H and O–H groups in total. The molecule has 2 aliphatic carbocycles. The lowest BCUT2D eigenvalue weighted by Gasteiger charge is -2.50. The van der Waals surface area contributed by atoms with E-state index >= 15 is 8.78 Å². The number of ether oxygens (including phenoxy) is 1. The van der Waals surface area contributed by atoms with Crippen LogP contribution in [0.25, 0.3) is 0 Å². The maximum Gasteiger partial charge on any atom is 0.258 e. The van der Waals surface area contributed by atoms with Crippen molar-refractivity contribution in [1.82, 2.24) is 4.90 Å². The molecule has 0 spiro atoms. The Kier molecular flexibility index (Phi) is 7.76. The highest BCUT2D eigenvalue weighted by Gasteiger charge is 2.77. The number of allylic oxidation sites excluding steroid dienone is 2. The number of nitrogens with zero attached hydrogens (tertiary/aromatic N) is 2. The second-order valence-corrected chi connectivity index (χ2v) is 15.3. The summed E-state index contributed by atoms with van der Waals surface area (Å²) in [7, 11) is 1.24. The van der Waals surface area contributed by atoms with Crippen molar-refractivity contribution in [2.24, 2.45) is 17.8 Å². The highest BCUT2D eigenvalue weighted by Crippen LogP contribution is 2.66. The highest BCUT2D eigenvalue weighted by atomic mass is 127. The van der Waals surface area contributed by atoms with Crippen LogP contribution in [0.3, 0.4) is 0 Å². The van der Waals surface area contributed by atoms with Gasteiger partial charge in [0.2, 0.25) is 17.6 Å². The molecule has 1 saturated carbocycles. The van der Waals surface area contributed by atoms with Crippen LogP contribution >= 0.6 is 45.8 Å². The highest BCUT2D eigenvalue weighted by molar-refractivity contribution is 14.1. The Morgan fingerprint density at radius 2 is 1.49 bits per heavy atom. The van der Waals surface area contributed by atoms with Crippen LogP contribution in [0.2, 0.25) is 0 Å². The topological polar surface area (TPSA) is 104 Å². The fraction of sp³-hybridized carbons (Fsp3) is 0.419. The molecule has 47 heavy (non-hydrogen) atoms. The van der Waals surface area contributed by atoms with Crippen LogP contribution in [0.1, 0.15) is 45.1 Å². The lowest BCUT2D eigenvalue weighted by Crippen LogP contribution is -2.60. The molecule has 2 aliphatic heterocycles. The lowest BCUT2D eigenvalue weighted by atomic mass is 9.56. The largest absolute Gasteiger partial charge is 0.504 e. The zero-order valence-electron chi connectivity index (χ0n) is 24.9. The molecule has 16 heteroatoms. The normalized spacial score (nSPS) is 30.4. The molecule has 4 amide bonds. The monoisotopic (exact) mass is 812 g/mol. The number of carbonyl (C=O) groups is 4. The number of aromatic hydroxyl groups is 1. The SMILES string of the molecule is COc1cc(C2C3=CCC4C(=O)N(C(C)(C)C)C(=O)C4C3CC3(Cl)C(=O)N(c4c(F)c(F)c(F)c(F)c4F)C(=O)C23Cl)cc(I)c1O. The molecule has 0 bridgehead atoms. The number of benzene rings is 2. The number of fused-ring (bicyclic) bond motifs is 4. The molecule has 2 heterocycles. The fourth-order valence-corrected chi connectivity index (χ4v) is 9.08. The number of anilines is 1. The minimum Gasteiger partial charge on any atom is -0.504 e. The number of imide groups is 2. The number of phenols is 1. The van der Waals surface area contributed by atoms with Crippen LogP contribution in [0, 0.1) is 50.4 Å². The van der Waals surface area contributed by atoms with Gasteiger partial charge in [-0.2, -0.15) is 0 Å². The van der Waals surface area contributed by atoms with Crippen molar-refractivity contribution in [3.05, 3.63) is 62.0 Å². The van der Waals surface area contributed by atoms with Gasteiger partial charge in [-0.25, -0.2) is 26.9 Å². The Hall–Kier alpha value is -2.98. The van der Waals surface area contributed by atoms with Crippen LogP contribution in [0.4, 0.5) is 27.6 Å². The molecule has 6 rings (SSSR count). The summed E-state index contributed by atoms with van der Waals surface area (Å²) >= 11 is 16.0. The van der Waals surface area contributed by atoms with E-state index in [0.29, 0.717) is 5.57 Å². The number of hydrogen-bond donors (Lipinski definition) is 1. The first-order valence-corrected chi connectivity index (χ1v) is 16.0. The number of alkyl halides is 2. The van der Waals surface area contributed by atoms with Crippen LogP contribution in [0.15, 0.2) is 23.8 Å². The third-order valence-electron chi connectivity index (χ3n) is 9.50. The van der Waals surface area contributed by atoms with Gasteiger partial charge < -0.3 is 9.84 Å². The summed E-state index contributed by atoms with van der Waals surface area (Å²) in [4.78, 5) is 51.6. The van der Waals surface area contributed by atoms with Gasteiger partial charge in [0.05, 0.1) is 22.5 Å². The molecule has 0 radical (unpaired) electrons. The predicted octanol–water partition coefficient (Wildman–Crippen LogP) is 6.06. The molecule has 4 aliphatic rings. The zero-order valence-corrected chi connectivity index (χ0v) is 28.5. The summed E-state index contributed by atoms with van der Waals surface area (Å²) in [6, 6.07) is 2.68. The van der Waals surface area contributed by atoms with Gasteiger partial charge in [-0.15, -0.1) is 23.2 Å². The van der Waals surface area contributed by atoms with E-state index < -0.39 is 104 Å². The van der Waals surface area contributed by atoms with Crippen molar-refractivity contribution in [2.45, 2.75) is 54.8 Å². The number of amides is 4. The summed E-state index contributed by atoms with van der Waals surface area (Å²) in [6.07, 6.45) is 1.00. The molecular formula is C31H24Cl2F5IN2O6. The van der Waals surface area contributed by atoms with E-state index in [0.717, 1.165) is 4.90 Å². The van der Waals surface area contributed by atoms with E-state index in [4.69, 9.17) is 27.9 Å². The average molecular weight is 813 g/mol. The van der Waals surface area contributed by atoms with Gasteiger partial charge in [0.1, 0.15) is 5.69 Å². The van der Waals surface area contributed by atoms with Crippen LogP contribution in [-0.2, 0) is 19.2 Å². The molecule has 2 aromatic carbocycles. The van der Waals surface area contributed by atoms with E-state index in [1.807, 2.05) is 0 Å². The number of carbonyl (C=O) groups excluding carboxylic acids is 4. The molecule has 6 unspecified atom stereocenters. The summed E-state index contributed by atoms with van der Waals surface area (Å²) in [5.41, 5.74) is -2.39. The van der Waals surface area contributed by atoms with E-state index in [2.05, 4.69) is 0 Å². The van der Waals surface area contributed by atoms with Gasteiger partial charge in [-0.3, -0.25) is 24.1 Å². The van der Waals surface area contributed by atoms with E-state index in [1.54, 1.807) is 49.4 Å². The van der Waals surface area contributed by atoms with Gasteiger partial charge in [-0.05, 0) is 79.8 Å². The standard InChI is InChI=1S/C31H24Cl2F5IN2O6/c1-29(2,3)41-25(43)12-6-5-11-13(16(12)26(41)44)9-30(32)27(45)40(23-21(37)19(35)18(34)20(36)22(23)38)28(46)31(30,33)17(11)10-7-14(39)24(42)15(8-10)47-4/h5,7-8,12-13,16-17,42H,6,9H2,1-4H3. The quantitative estimate of drug-likeness (QED) is 0.0770. The maximum absolute atomic E-state index is 15.2. The van der Waals surface area contributed by atoms with E-state index in [-0.39, 0.29) is 32.0 Å². The molecule has 0 aromatic heterocycles. The molecule has 6 atom stereocenters. The average Bonchev–Trinajstić information content (AvgIpc) is 3.35. The summed E-state index contributed by atoms with van der Waals surface area (Å²) in [5.74, 6) is -21.4. The Labute approximate surface area is 287 Å². The predicted molar refractivity (Wildman–Crippen MR) is 165 cm³/mol. The first-order valence-electron chi connectivity index (χ1n) is 14.2. The molecule has 250 valence electrons. The molecule has 3 fully saturated rings. The smallest absolute Gasteiger partial charge is 0.258 e. The first kappa shape index (κ1) is 33.9. The Bertz CT molecular complexity index is 1840. The first-order chi connectivity index (χ1) is 21.7. The maximum atomic E-state index is 15.2. The van der Waals surface area contributed by atoms with Gasteiger partial charge in [0.15, 0.2) is 44.5 Å². The number of methoxy groups -OCH3 is 1. The molecule has 8 nitrogen and oxygen atoms in total. The number of phenolic OH excluding ortho intramolecular Hbond substituents is 1. The zero-order chi connectivity index (χ0) is 34.9. The van der Waals surface area contributed by atoms with Crippen molar-refractivity contribution < 1.29 is 51.0 Å². The van der Waals surface area contributed by atoms with Crippen molar-refractivity contribution in [3.8, 4) is 11.5 Å². The lowest BCUT2D eigenvalue weighted by molar-refractivity contribution is -0.145. The Morgan fingerprint density at radius 1 is 0.915 bits per heavy atom. The van der Waals surface area contributed by atoms with Gasteiger partial charge in [-0.1, -0.05) is 11.6 Å². The fourth-order valence-electron chi connectivity index (χ4n) is 7.52. The number of halogens is 8. The molecular weight excluding hydrogens is 789 g/mol. The van der Waals surface area contributed by atoms with Crippen LogP contribution in [-0.4, -0.2) is 56.0 Å². The Morgan fingerprint density at radius 3 is 2.04 bits per heavy atom. The van der Waals surface area contributed by atoms with E-state index in [9.17, 15) is 37.5 Å². The third kappa shape index (κ3) is 4.28.